The van der Waals surface area contributed by atoms with Crippen molar-refractivity contribution < 1.29 is 23.0 Å². The minimum atomic E-state index is -2.90. The Morgan fingerprint density at radius 2 is 1.90 bits per heavy atom. The molecule has 0 fully saturated rings. The van der Waals surface area contributed by atoms with Crippen LogP contribution in [0.5, 0.6) is 11.5 Å². The Labute approximate surface area is 113 Å². The molecule has 0 aliphatic carbocycles. The summed E-state index contributed by atoms with van der Waals surface area (Å²) in [6, 6.07) is 10.1. The number of nitrogens with one attached hydrogen (secondary N) is 1. The van der Waals surface area contributed by atoms with Crippen LogP contribution in [0.4, 0.5) is 18.9 Å². The molecule has 0 amide bonds. The third-order valence-electron chi connectivity index (χ3n) is 2.62. The van der Waals surface area contributed by atoms with Crippen molar-refractivity contribution in [2.45, 2.75) is 13.2 Å². The smallest absolute Gasteiger partial charge is 0.387 e. The highest BCUT2D eigenvalue weighted by Crippen LogP contribution is 2.23. The van der Waals surface area contributed by atoms with Gasteiger partial charge in [-0.2, -0.15) is 8.78 Å². The second kappa shape index (κ2) is 6.18. The number of hydrogen-bond acceptors (Lipinski definition) is 3. The molecule has 0 aromatic heterocycles. The van der Waals surface area contributed by atoms with E-state index >= 15 is 0 Å². The van der Waals surface area contributed by atoms with Gasteiger partial charge in [0.25, 0.3) is 0 Å². The Kier molecular flexibility index (Phi) is 4.34. The van der Waals surface area contributed by atoms with Gasteiger partial charge in [-0.1, -0.05) is 18.2 Å². The summed E-state index contributed by atoms with van der Waals surface area (Å²) in [5.41, 5.74) is 0.938. The SMILES string of the molecule is Oc1ccc(NCc2ccccc2OC(F)F)cc1F. The molecule has 106 valence electrons. The first-order chi connectivity index (χ1) is 9.56. The summed E-state index contributed by atoms with van der Waals surface area (Å²) in [7, 11) is 0. The maximum absolute atomic E-state index is 13.1. The predicted octanol–water partition coefficient (Wildman–Crippen LogP) is 3.74. The fourth-order valence-electron chi connectivity index (χ4n) is 1.67. The highest BCUT2D eigenvalue weighted by molar-refractivity contribution is 5.48. The number of aromatic hydroxyl groups is 1. The van der Waals surface area contributed by atoms with Gasteiger partial charge < -0.3 is 15.2 Å². The van der Waals surface area contributed by atoms with Crippen molar-refractivity contribution in [3.63, 3.8) is 0 Å². The zero-order valence-electron chi connectivity index (χ0n) is 10.3. The molecule has 0 heterocycles. The average Bonchev–Trinajstić information content (AvgIpc) is 2.41. The lowest BCUT2D eigenvalue weighted by molar-refractivity contribution is -0.0504. The van der Waals surface area contributed by atoms with Gasteiger partial charge in [-0.05, 0) is 18.2 Å². The Bertz CT molecular complexity index is 590. The molecule has 0 radical (unpaired) electrons. The quantitative estimate of drug-likeness (QED) is 0.821. The largest absolute Gasteiger partial charge is 0.505 e. The second-order valence-corrected chi connectivity index (χ2v) is 4.01. The van der Waals surface area contributed by atoms with Gasteiger partial charge >= 0.3 is 6.61 Å². The minimum Gasteiger partial charge on any atom is -0.505 e. The summed E-state index contributed by atoms with van der Waals surface area (Å²) in [5.74, 6) is -1.14. The lowest BCUT2D eigenvalue weighted by atomic mass is 10.2. The van der Waals surface area contributed by atoms with Crippen molar-refractivity contribution in [2.24, 2.45) is 0 Å². The van der Waals surface area contributed by atoms with Gasteiger partial charge in [0.05, 0.1) is 0 Å². The molecule has 20 heavy (non-hydrogen) atoms. The maximum atomic E-state index is 13.1. The van der Waals surface area contributed by atoms with E-state index in [4.69, 9.17) is 5.11 Å². The summed E-state index contributed by atoms with van der Waals surface area (Å²) in [4.78, 5) is 0. The molecule has 0 atom stereocenters. The van der Waals surface area contributed by atoms with Crippen molar-refractivity contribution in [1.29, 1.82) is 0 Å². The van der Waals surface area contributed by atoms with Crippen LogP contribution in [0.2, 0.25) is 0 Å². The van der Waals surface area contributed by atoms with E-state index in [9.17, 15) is 13.2 Å². The van der Waals surface area contributed by atoms with Gasteiger partial charge in [0.2, 0.25) is 0 Å². The summed E-state index contributed by atoms with van der Waals surface area (Å²) in [6.45, 7) is -2.71. The van der Waals surface area contributed by atoms with Crippen LogP contribution < -0.4 is 10.1 Å². The monoisotopic (exact) mass is 283 g/mol. The van der Waals surface area contributed by atoms with Crippen LogP contribution >= 0.6 is 0 Å². The molecule has 0 saturated carbocycles. The van der Waals surface area contributed by atoms with Crippen LogP contribution in [0.25, 0.3) is 0 Å². The van der Waals surface area contributed by atoms with Gasteiger partial charge in [-0.3, -0.25) is 0 Å². The Balaban J connectivity index is 2.08. The second-order valence-electron chi connectivity index (χ2n) is 4.01. The third-order valence-corrected chi connectivity index (χ3v) is 2.62. The van der Waals surface area contributed by atoms with Crippen LogP contribution in [0.15, 0.2) is 42.5 Å². The first-order valence-corrected chi connectivity index (χ1v) is 5.81. The van der Waals surface area contributed by atoms with Crippen molar-refractivity contribution in [1.82, 2.24) is 0 Å². The summed E-state index contributed by atoms with van der Waals surface area (Å²) in [5, 5.41) is 11.9. The molecule has 0 bridgehead atoms. The van der Waals surface area contributed by atoms with Gasteiger partial charge in [-0.15, -0.1) is 0 Å². The van der Waals surface area contributed by atoms with Crippen LogP contribution in [-0.2, 0) is 6.54 Å². The van der Waals surface area contributed by atoms with Crippen LogP contribution in [0.1, 0.15) is 5.56 Å². The van der Waals surface area contributed by atoms with Crippen molar-refractivity contribution >= 4 is 5.69 Å². The number of benzene rings is 2. The van der Waals surface area contributed by atoms with E-state index in [1.807, 2.05) is 0 Å². The number of para-hydroxylation sites is 1. The van der Waals surface area contributed by atoms with Gasteiger partial charge in [-0.25, -0.2) is 4.39 Å². The zero-order valence-corrected chi connectivity index (χ0v) is 10.3. The molecule has 0 spiro atoms. The number of ether oxygens (including phenoxy) is 1. The zero-order chi connectivity index (χ0) is 14.5. The van der Waals surface area contributed by atoms with Crippen LogP contribution in [0.3, 0.4) is 0 Å². The fraction of sp³-hybridized carbons (Fsp3) is 0.143. The highest BCUT2D eigenvalue weighted by Gasteiger charge is 2.09. The number of hydrogen-bond donors (Lipinski definition) is 2. The highest BCUT2D eigenvalue weighted by atomic mass is 19.3. The number of halogens is 3. The van der Waals surface area contributed by atoms with Crippen molar-refractivity contribution in [2.75, 3.05) is 5.32 Å². The Morgan fingerprint density at radius 3 is 2.60 bits per heavy atom. The van der Waals surface area contributed by atoms with Crippen LogP contribution in [0, 0.1) is 5.82 Å². The lowest BCUT2D eigenvalue weighted by Crippen LogP contribution is -2.07. The maximum Gasteiger partial charge on any atom is 0.387 e. The van der Waals surface area contributed by atoms with E-state index in [0.717, 1.165) is 6.07 Å². The number of alkyl halides is 2. The van der Waals surface area contributed by atoms with E-state index in [-0.39, 0.29) is 12.3 Å². The molecule has 2 N–H and O–H groups in total. The first kappa shape index (κ1) is 14.0. The third kappa shape index (κ3) is 3.57. The fourth-order valence-corrected chi connectivity index (χ4v) is 1.67. The average molecular weight is 283 g/mol. The molecule has 0 aliphatic heterocycles. The number of phenols is 1. The summed E-state index contributed by atoms with van der Waals surface area (Å²) in [6.07, 6.45) is 0. The van der Waals surface area contributed by atoms with Gasteiger partial charge in [0.15, 0.2) is 11.6 Å². The Morgan fingerprint density at radius 1 is 1.15 bits per heavy atom. The normalized spacial score (nSPS) is 10.6. The number of phenolic OH excluding ortho intramolecular Hbond substituents is 1. The molecule has 3 nitrogen and oxygen atoms in total. The molecule has 2 aromatic rings. The molecule has 0 unspecified atom stereocenters. The molecular weight excluding hydrogens is 271 g/mol. The standard InChI is InChI=1S/C14H12F3NO2/c15-11-7-10(5-6-12(11)19)18-8-9-3-1-2-4-13(9)20-14(16)17/h1-7,14,18-19H,8H2. The van der Waals surface area contributed by atoms with Crippen LogP contribution in [-0.4, -0.2) is 11.7 Å². The van der Waals surface area contributed by atoms with E-state index in [1.165, 1.54) is 18.2 Å². The van der Waals surface area contributed by atoms with Gasteiger partial charge in [0, 0.05) is 23.9 Å². The van der Waals surface area contributed by atoms with E-state index in [0.29, 0.717) is 11.3 Å². The molecular formula is C14H12F3NO2. The predicted molar refractivity (Wildman–Crippen MR) is 68.5 cm³/mol. The van der Waals surface area contributed by atoms with E-state index in [2.05, 4.69) is 10.1 Å². The Hall–Kier alpha value is -2.37. The van der Waals surface area contributed by atoms with Gasteiger partial charge in [0.1, 0.15) is 5.75 Å². The molecule has 2 rings (SSSR count). The topological polar surface area (TPSA) is 41.5 Å². The molecule has 6 heteroatoms. The molecule has 0 aliphatic rings. The van der Waals surface area contributed by atoms with E-state index in [1.54, 1.807) is 18.2 Å². The van der Waals surface area contributed by atoms with Crippen molar-refractivity contribution in [3.05, 3.63) is 53.8 Å². The first-order valence-electron chi connectivity index (χ1n) is 5.81. The minimum absolute atomic E-state index is 0.0641. The number of anilines is 1. The van der Waals surface area contributed by atoms with Crippen molar-refractivity contribution in [3.8, 4) is 11.5 Å². The summed E-state index contributed by atoms with van der Waals surface area (Å²) >= 11 is 0. The lowest BCUT2D eigenvalue weighted by Gasteiger charge is -2.12. The molecule has 2 aromatic carbocycles. The molecule has 0 saturated heterocycles. The van der Waals surface area contributed by atoms with E-state index < -0.39 is 18.2 Å². The summed E-state index contributed by atoms with van der Waals surface area (Å²) < 4.78 is 42.0. The number of rotatable bonds is 5.